The van der Waals surface area contributed by atoms with Gasteiger partial charge in [-0.15, -0.1) is 0 Å². The van der Waals surface area contributed by atoms with Crippen molar-refractivity contribution in [1.29, 1.82) is 0 Å². The summed E-state index contributed by atoms with van der Waals surface area (Å²) in [6, 6.07) is 8.11. The smallest absolute Gasteiger partial charge is 0.308 e. The molecule has 0 bridgehead atoms. The number of carbonyl (C=O) groups excluding carboxylic acids is 4. The van der Waals surface area contributed by atoms with Crippen LogP contribution in [0.3, 0.4) is 0 Å². The topological polar surface area (TPSA) is 78.0 Å². The summed E-state index contributed by atoms with van der Waals surface area (Å²) in [5.74, 6) is -2.20. The second kappa shape index (κ2) is 7.46. The molecule has 1 heterocycles. The van der Waals surface area contributed by atoms with Crippen LogP contribution in [0.5, 0.6) is 0 Å². The minimum atomic E-state index is -0.948. The Morgan fingerprint density at radius 3 is 2.04 bits per heavy atom. The van der Waals surface area contributed by atoms with Crippen molar-refractivity contribution >= 4 is 29.4 Å². The number of nitrogens with zero attached hydrogens (tertiary/aromatic N) is 3. The highest BCUT2D eigenvalue weighted by Gasteiger charge is 2.45. The first-order valence-corrected chi connectivity index (χ1v) is 8.28. The van der Waals surface area contributed by atoms with Gasteiger partial charge >= 0.3 is 17.8 Å². The minimum absolute atomic E-state index is 0.0350. The molecule has 1 saturated heterocycles. The Bertz CT molecular complexity index is 685. The summed E-state index contributed by atoms with van der Waals surface area (Å²) >= 11 is 0. The highest BCUT2D eigenvalue weighted by Crippen LogP contribution is 2.19. The number of hydrogen-bond acceptors (Lipinski definition) is 4. The van der Waals surface area contributed by atoms with Crippen LogP contribution in [0.25, 0.3) is 0 Å². The fraction of sp³-hybridized carbons (Fsp3) is 0.444. The van der Waals surface area contributed by atoms with Crippen molar-refractivity contribution in [2.75, 3.05) is 18.0 Å². The van der Waals surface area contributed by atoms with E-state index in [-0.39, 0.29) is 18.5 Å². The summed E-state index contributed by atoms with van der Waals surface area (Å²) < 4.78 is 0. The van der Waals surface area contributed by atoms with Crippen LogP contribution in [-0.4, -0.2) is 52.7 Å². The maximum absolute atomic E-state index is 12.7. The van der Waals surface area contributed by atoms with E-state index in [1.165, 1.54) is 4.90 Å². The highest BCUT2D eigenvalue weighted by molar-refractivity contribution is 6.45. The molecule has 0 aromatic heterocycles. The van der Waals surface area contributed by atoms with Gasteiger partial charge in [-0.3, -0.25) is 19.3 Å². The minimum Gasteiger partial charge on any atom is -0.308 e. The van der Waals surface area contributed by atoms with Gasteiger partial charge in [0.2, 0.25) is 5.91 Å². The maximum Gasteiger partial charge on any atom is 0.334 e. The Morgan fingerprint density at radius 1 is 0.960 bits per heavy atom. The Balaban J connectivity index is 2.20. The molecule has 1 aliphatic rings. The van der Waals surface area contributed by atoms with Gasteiger partial charge in [0, 0.05) is 18.3 Å². The van der Waals surface area contributed by atoms with Crippen molar-refractivity contribution in [3.63, 3.8) is 0 Å². The van der Waals surface area contributed by atoms with E-state index in [4.69, 9.17) is 0 Å². The molecule has 7 heteroatoms. The Labute approximate surface area is 147 Å². The van der Waals surface area contributed by atoms with E-state index < -0.39 is 30.3 Å². The lowest BCUT2D eigenvalue weighted by molar-refractivity contribution is -0.144. The van der Waals surface area contributed by atoms with Crippen LogP contribution in [0.15, 0.2) is 30.3 Å². The maximum atomic E-state index is 12.7. The van der Waals surface area contributed by atoms with Gasteiger partial charge in [-0.1, -0.05) is 32.0 Å². The molecule has 1 fully saturated rings. The fourth-order valence-electron chi connectivity index (χ4n) is 2.75. The van der Waals surface area contributed by atoms with Gasteiger partial charge < -0.3 is 4.90 Å². The normalized spacial score (nSPS) is 14.9. The van der Waals surface area contributed by atoms with Crippen LogP contribution in [0.1, 0.15) is 27.7 Å². The number of urea groups is 1. The zero-order valence-corrected chi connectivity index (χ0v) is 14.9. The quantitative estimate of drug-likeness (QED) is 0.582. The molecule has 0 spiro atoms. The van der Waals surface area contributed by atoms with E-state index in [2.05, 4.69) is 0 Å². The number of carbonyl (C=O) groups is 4. The molecular formula is C18H23N3O4. The Hall–Kier alpha value is -2.70. The van der Waals surface area contributed by atoms with Gasteiger partial charge in [0.25, 0.3) is 0 Å². The van der Waals surface area contributed by atoms with Crippen molar-refractivity contribution in [1.82, 2.24) is 9.80 Å². The van der Waals surface area contributed by atoms with E-state index >= 15 is 0 Å². The first kappa shape index (κ1) is 18.6. The third kappa shape index (κ3) is 3.87. The summed E-state index contributed by atoms with van der Waals surface area (Å²) in [5.41, 5.74) is 0.673. The van der Waals surface area contributed by atoms with Crippen molar-refractivity contribution in [2.24, 2.45) is 5.92 Å². The van der Waals surface area contributed by atoms with Gasteiger partial charge in [-0.25, -0.2) is 9.69 Å². The lowest BCUT2D eigenvalue weighted by Crippen LogP contribution is -2.46. The number of para-hydroxylation sites is 1. The van der Waals surface area contributed by atoms with Gasteiger partial charge in [0.1, 0.15) is 6.54 Å². The summed E-state index contributed by atoms with van der Waals surface area (Å²) in [7, 11) is 0. The first-order chi connectivity index (χ1) is 11.7. The molecule has 0 unspecified atom stereocenters. The predicted octanol–water partition coefficient (Wildman–Crippen LogP) is 1.87. The molecule has 1 aromatic rings. The number of anilines is 1. The molecule has 0 aliphatic carbocycles. The van der Waals surface area contributed by atoms with Gasteiger partial charge in [0.05, 0.1) is 0 Å². The van der Waals surface area contributed by atoms with E-state index in [0.29, 0.717) is 5.69 Å². The molecule has 0 saturated carbocycles. The largest absolute Gasteiger partial charge is 0.334 e. The summed E-state index contributed by atoms with van der Waals surface area (Å²) in [5, 5.41) is 0. The van der Waals surface area contributed by atoms with Crippen LogP contribution in [-0.2, 0) is 14.4 Å². The van der Waals surface area contributed by atoms with Crippen LogP contribution in [0.4, 0.5) is 10.5 Å². The fourth-order valence-corrected chi connectivity index (χ4v) is 2.75. The van der Waals surface area contributed by atoms with Crippen molar-refractivity contribution < 1.29 is 19.2 Å². The van der Waals surface area contributed by atoms with Crippen molar-refractivity contribution in [3.05, 3.63) is 30.3 Å². The van der Waals surface area contributed by atoms with E-state index in [9.17, 15) is 19.2 Å². The Kier molecular flexibility index (Phi) is 5.56. The van der Waals surface area contributed by atoms with Gasteiger partial charge in [0.15, 0.2) is 0 Å². The third-order valence-corrected chi connectivity index (χ3v) is 3.80. The molecule has 134 valence electrons. The Morgan fingerprint density at radius 2 is 1.52 bits per heavy atom. The van der Waals surface area contributed by atoms with E-state index in [1.807, 2.05) is 33.8 Å². The van der Waals surface area contributed by atoms with E-state index in [0.717, 1.165) is 9.80 Å². The zero-order valence-electron chi connectivity index (χ0n) is 14.9. The van der Waals surface area contributed by atoms with Gasteiger partial charge in [-0.05, 0) is 31.9 Å². The summed E-state index contributed by atoms with van der Waals surface area (Å²) in [6.45, 7) is 7.07. The molecule has 25 heavy (non-hydrogen) atoms. The van der Waals surface area contributed by atoms with Crippen molar-refractivity contribution in [3.8, 4) is 0 Å². The van der Waals surface area contributed by atoms with Crippen LogP contribution < -0.4 is 4.90 Å². The first-order valence-electron chi connectivity index (χ1n) is 8.28. The van der Waals surface area contributed by atoms with Crippen molar-refractivity contribution in [2.45, 2.75) is 33.7 Å². The number of imide groups is 2. The lowest BCUT2D eigenvalue weighted by Gasteiger charge is -2.28. The SMILES string of the molecule is CC(C)CN1C(=O)C(=O)N(CC(=O)N(c2ccccc2)C(C)C)C1=O. The average Bonchev–Trinajstić information content (AvgIpc) is 2.73. The van der Waals surface area contributed by atoms with Crippen LogP contribution >= 0.6 is 0 Å². The number of amides is 5. The molecule has 0 atom stereocenters. The molecule has 7 nitrogen and oxygen atoms in total. The second-order valence-electron chi connectivity index (χ2n) is 6.68. The number of rotatable bonds is 6. The third-order valence-electron chi connectivity index (χ3n) is 3.80. The van der Waals surface area contributed by atoms with Gasteiger partial charge in [-0.2, -0.15) is 0 Å². The second-order valence-corrected chi connectivity index (χ2v) is 6.68. The molecule has 5 amide bonds. The number of hydrogen-bond donors (Lipinski definition) is 0. The summed E-state index contributed by atoms with van der Waals surface area (Å²) in [6.07, 6.45) is 0. The van der Waals surface area contributed by atoms with E-state index in [1.54, 1.807) is 24.3 Å². The zero-order chi connectivity index (χ0) is 18.7. The monoisotopic (exact) mass is 345 g/mol. The molecular weight excluding hydrogens is 322 g/mol. The predicted molar refractivity (Wildman–Crippen MR) is 92.7 cm³/mol. The molecule has 0 radical (unpaired) electrons. The molecule has 1 aliphatic heterocycles. The highest BCUT2D eigenvalue weighted by atomic mass is 16.2. The van der Waals surface area contributed by atoms with Crippen LogP contribution in [0, 0.1) is 5.92 Å². The molecule has 0 N–H and O–H groups in total. The standard InChI is InChI=1S/C18H23N3O4/c1-12(2)10-19-16(23)17(24)20(18(19)25)11-15(22)21(13(3)4)14-8-6-5-7-9-14/h5-9,12-13H,10-11H2,1-4H3. The number of benzene rings is 1. The molecule has 2 rings (SSSR count). The van der Waals surface area contributed by atoms with Crippen LogP contribution in [0.2, 0.25) is 0 Å². The average molecular weight is 345 g/mol. The lowest BCUT2D eigenvalue weighted by atomic mass is 10.2. The summed E-state index contributed by atoms with van der Waals surface area (Å²) in [4.78, 5) is 52.3. The molecule has 1 aromatic carbocycles.